The summed E-state index contributed by atoms with van der Waals surface area (Å²) in [5.74, 6) is 0. The van der Waals surface area contributed by atoms with Crippen LogP contribution in [-0.4, -0.2) is 26.8 Å². The number of aromatic nitrogens is 4. The molecule has 21 heavy (non-hydrogen) atoms. The molecule has 0 bridgehead atoms. The zero-order chi connectivity index (χ0) is 14.7. The van der Waals surface area contributed by atoms with E-state index in [-0.39, 0.29) is 5.25 Å². The Hall–Kier alpha value is -1.22. The van der Waals surface area contributed by atoms with Crippen LogP contribution >= 0.6 is 39.0 Å². The van der Waals surface area contributed by atoms with Crippen molar-refractivity contribution in [2.75, 3.05) is 6.54 Å². The fraction of sp³-hybridized carbons (Fsp3) is 0.154. The molecule has 0 spiro atoms. The van der Waals surface area contributed by atoms with Gasteiger partial charge < -0.3 is 5.73 Å². The highest BCUT2D eigenvalue weighted by atomic mass is 79.9. The van der Waals surface area contributed by atoms with Crippen LogP contribution in [0.1, 0.15) is 10.1 Å². The van der Waals surface area contributed by atoms with Gasteiger partial charge >= 0.3 is 0 Å². The monoisotopic (exact) mass is 381 g/mol. The lowest BCUT2D eigenvalue weighted by Crippen LogP contribution is -2.09. The molecule has 0 radical (unpaired) electrons. The molecule has 0 aliphatic carbocycles. The third-order valence-corrected chi connectivity index (χ3v) is 5.90. The molecule has 1 aromatic carbocycles. The number of thioether (sulfide) groups is 1. The molecule has 3 aromatic rings. The highest BCUT2D eigenvalue weighted by molar-refractivity contribution is 9.11. The number of tetrazole rings is 1. The van der Waals surface area contributed by atoms with E-state index in [4.69, 9.17) is 5.73 Å². The number of hydrogen-bond acceptors (Lipinski definition) is 6. The van der Waals surface area contributed by atoms with E-state index >= 15 is 0 Å². The van der Waals surface area contributed by atoms with Gasteiger partial charge in [-0.25, -0.2) is 0 Å². The van der Waals surface area contributed by atoms with Gasteiger partial charge in [-0.2, -0.15) is 4.68 Å². The fourth-order valence-corrected chi connectivity index (χ4v) is 4.41. The topological polar surface area (TPSA) is 69.6 Å². The van der Waals surface area contributed by atoms with Gasteiger partial charge in [0, 0.05) is 11.4 Å². The Morgan fingerprint density at radius 2 is 2.05 bits per heavy atom. The van der Waals surface area contributed by atoms with Gasteiger partial charge in [-0.1, -0.05) is 30.0 Å². The minimum Gasteiger partial charge on any atom is -0.329 e. The number of nitrogens with two attached hydrogens (primary N) is 1. The van der Waals surface area contributed by atoms with Crippen molar-refractivity contribution < 1.29 is 0 Å². The normalized spacial score (nSPS) is 12.5. The number of hydrogen-bond donors (Lipinski definition) is 1. The Morgan fingerprint density at radius 1 is 1.24 bits per heavy atom. The number of nitrogens with zero attached hydrogens (tertiary/aromatic N) is 4. The Balaban J connectivity index is 1.87. The van der Waals surface area contributed by atoms with Gasteiger partial charge in [0.2, 0.25) is 5.16 Å². The average Bonchev–Trinajstić information content (AvgIpc) is 3.14. The number of para-hydroxylation sites is 1. The van der Waals surface area contributed by atoms with E-state index in [0.717, 1.165) is 14.6 Å². The van der Waals surface area contributed by atoms with Gasteiger partial charge in [-0.3, -0.25) is 0 Å². The molecule has 1 unspecified atom stereocenters. The summed E-state index contributed by atoms with van der Waals surface area (Å²) < 4.78 is 2.83. The molecule has 0 aliphatic rings. The summed E-state index contributed by atoms with van der Waals surface area (Å²) in [6.45, 7) is 0.527. The van der Waals surface area contributed by atoms with Crippen molar-refractivity contribution in [1.29, 1.82) is 0 Å². The van der Waals surface area contributed by atoms with E-state index in [1.807, 2.05) is 36.4 Å². The second kappa shape index (κ2) is 6.69. The van der Waals surface area contributed by atoms with Gasteiger partial charge in [0.25, 0.3) is 0 Å². The quantitative estimate of drug-likeness (QED) is 0.686. The molecule has 5 nitrogen and oxygen atoms in total. The average molecular weight is 382 g/mol. The van der Waals surface area contributed by atoms with E-state index < -0.39 is 0 Å². The predicted octanol–water partition coefficient (Wildman–Crippen LogP) is 3.28. The molecule has 8 heteroatoms. The number of rotatable bonds is 5. The van der Waals surface area contributed by atoms with Crippen LogP contribution in [0.3, 0.4) is 0 Å². The molecule has 0 amide bonds. The summed E-state index contributed by atoms with van der Waals surface area (Å²) in [4.78, 5) is 1.21. The molecule has 3 rings (SSSR count). The van der Waals surface area contributed by atoms with Crippen LogP contribution in [0, 0.1) is 0 Å². The lowest BCUT2D eigenvalue weighted by Gasteiger charge is -2.11. The molecular weight excluding hydrogens is 370 g/mol. The first kappa shape index (κ1) is 14.7. The minimum absolute atomic E-state index is 0.134. The third-order valence-electron chi connectivity index (χ3n) is 2.81. The Bertz CT molecular complexity index is 712. The van der Waals surface area contributed by atoms with Crippen LogP contribution in [-0.2, 0) is 0 Å². The smallest absolute Gasteiger partial charge is 0.214 e. The summed E-state index contributed by atoms with van der Waals surface area (Å²) in [7, 11) is 0. The number of benzene rings is 1. The van der Waals surface area contributed by atoms with Crippen molar-refractivity contribution in [1.82, 2.24) is 20.2 Å². The lowest BCUT2D eigenvalue weighted by atomic mass is 10.3. The summed E-state index contributed by atoms with van der Waals surface area (Å²) in [5.41, 5.74) is 6.85. The molecular formula is C13H12BrN5S2. The molecule has 2 N–H and O–H groups in total. The SMILES string of the molecule is NCC(Sc1nnnn1-c1ccccc1)c1ccc(Br)s1. The van der Waals surface area contributed by atoms with Crippen molar-refractivity contribution >= 4 is 39.0 Å². The van der Waals surface area contributed by atoms with Crippen molar-refractivity contribution in [2.45, 2.75) is 10.4 Å². The zero-order valence-electron chi connectivity index (χ0n) is 10.9. The van der Waals surface area contributed by atoms with E-state index in [1.54, 1.807) is 27.8 Å². The maximum atomic E-state index is 5.91. The fourth-order valence-electron chi connectivity index (χ4n) is 1.83. The molecule has 1 atom stereocenters. The second-order valence-corrected chi connectivity index (χ2v) is 7.86. The van der Waals surface area contributed by atoms with Crippen LogP contribution in [0.2, 0.25) is 0 Å². The van der Waals surface area contributed by atoms with Gasteiger partial charge in [-0.05, 0) is 50.6 Å². The van der Waals surface area contributed by atoms with Crippen LogP contribution in [0.4, 0.5) is 0 Å². The first-order valence-electron chi connectivity index (χ1n) is 6.23. The second-order valence-electron chi connectivity index (χ2n) is 4.19. The van der Waals surface area contributed by atoms with Crippen LogP contribution < -0.4 is 5.73 Å². The van der Waals surface area contributed by atoms with E-state index in [9.17, 15) is 0 Å². The van der Waals surface area contributed by atoms with Gasteiger partial charge in [-0.15, -0.1) is 16.4 Å². The van der Waals surface area contributed by atoms with E-state index in [0.29, 0.717) is 6.54 Å². The van der Waals surface area contributed by atoms with E-state index in [1.165, 1.54) is 4.88 Å². The minimum atomic E-state index is 0.134. The summed E-state index contributed by atoms with van der Waals surface area (Å²) in [6, 6.07) is 13.9. The summed E-state index contributed by atoms with van der Waals surface area (Å²) >= 11 is 6.74. The van der Waals surface area contributed by atoms with Crippen molar-refractivity contribution in [3.8, 4) is 5.69 Å². The zero-order valence-corrected chi connectivity index (χ0v) is 14.1. The van der Waals surface area contributed by atoms with Crippen molar-refractivity contribution in [3.05, 3.63) is 51.1 Å². The first-order valence-corrected chi connectivity index (χ1v) is 8.72. The Morgan fingerprint density at radius 3 is 2.71 bits per heavy atom. The summed E-state index contributed by atoms with van der Waals surface area (Å²) in [5, 5.41) is 12.8. The van der Waals surface area contributed by atoms with Crippen LogP contribution in [0.5, 0.6) is 0 Å². The molecule has 0 saturated carbocycles. The highest BCUT2D eigenvalue weighted by Gasteiger charge is 2.18. The first-order chi connectivity index (χ1) is 10.3. The van der Waals surface area contributed by atoms with Gasteiger partial charge in [0.15, 0.2) is 0 Å². The maximum Gasteiger partial charge on any atom is 0.214 e. The molecule has 2 heterocycles. The molecule has 0 aliphatic heterocycles. The highest BCUT2D eigenvalue weighted by Crippen LogP contribution is 2.38. The maximum absolute atomic E-state index is 5.91. The van der Waals surface area contributed by atoms with Crippen molar-refractivity contribution in [2.24, 2.45) is 5.73 Å². The standard InChI is InChI=1S/C13H12BrN5S2/c14-12-7-6-10(20-12)11(8-15)21-13-16-17-18-19(13)9-4-2-1-3-5-9/h1-7,11H,8,15H2. The number of thiophene rings is 1. The predicted molar refractivity (Wildman–Crippen MR) is 88.8 cm³/mol. The molecule has 108 valence electrons. The molecule has 0 saturated heterocycles. The largest absolute Gasteiger partial charge is 0.329 e. The van der Waals surface area contributed by atoms with Crippen molar-refractivity contribution in [3.63, 3.8) is 0 Å². The number of halogens is 1. The van der Waals surface area contributed by atoms with Crippen LogP contribution in [0.25, 0.3) is 5.69 Å². The van der Waals surface area contributed by atoms with E-state index in [2.05, 4.69) is 37.5 Å². The lowest BCUT2D eigenvalue weighted by molar-refractivity contribution is 0.754. The van der Waals surface area contributed by atoms with Crippen LogP contribution in [0.15, 0.2) is 51.4 Å². The summed E-state index contributed by atoms with van der Waals surface area (Å²) in [6.07, 6.45) is 0. The third kappa shape index (κ3) is 3.34. The van der Waals surface area contributed by atoms with Gasteiger partial charge in [0.05, 0.1) is 14.7 Å². The molecule has 0 fully saturated rings. The van der Waals surface area contributed by atoms with Gasteiger partial charge in [0.1, 0.15) is 0 Å². The molecule has 2 aromatic heterocycles. The Kier molecular flexibility index (Phi) is 4.69. The Labute approximate surface area is 138 Å².